The molecule has 140 valence electrons. The van der Waals surface area contributed by atoms with E-state index in [4.69, 9.17) is 10.5 Å². The van der Waals surface area contributed by atoms with Gasteiger partial charge >= 0.3 is 0 Å². The van der Waals surface area contributed by atoms with Crippen molar-refractivity contribution in [3.8, 4) is 17.0 Å². The van der Waals surface area contributed by atoms with Crippen LogP contribution >= 0.6 is 23.7 Å². The Balaban J connectivity index is 0.00000196. The molecule has 0 spiro atoms. The van der Waals surface area contributed by atoms with E-state index in [1.165, 1.54) is 24.5 Å². The van der Waals surface area contributed by atoms with E-state index in [1.54, 1.807) is 17.5 Å². The molecule has 0 saturated heterocycles. The van der Waals surface area contributed by atoms with Crippen molar-refractivity contribution in [1.82, 2.24) is 4.98 Å². The highest BCUT2D eigenvalue weighted by Crippen LogP contribution is 2.48. The fourth-order valence-electron chi connectivity index (χ4n) is 4.20. The van der Waals surface area contributed by atoms with E-state index in [-0.39, 0.29) is 36.0 Å². The molecule has 8 heteroatoms. The van der Waals surface area contributed by atoms with E-state index in [0.29, 0.717) is 28.2 Å². The number of amides is 1. The van der Waals surface area contributed by atoms with Crippen LogP contribution in [0.3, 0.4) is 0 Å². The molecule has 5 nitrogen and oxygen atoms in total. The fraction of sp³-hybridized carbons (Fsp3) is 0.444. The molecule has 1 amide bonds. The van der Waals surface area contributed by atoms with Gasteiger partial charge in [-0.3, -0.25) is 4.79 Å². The van der Waals surface area contributed by atoms with E-state index in [0.717, 1.165) is 19.3 Å². The van der Waals surface area contributed by atoms with Crippen LogP contribution in [-0.2, 0) is 4.79 Å². The Morgan fingerprint density at radius 1 is 1.38 bits per heavy atom. The summed E-state index contributed by atoms with van der Waals surface area (Å²) >= 11 is 1.33. The number of nitrogens with two attached hydrogens (primary N) is 1. The van der Waals surface area contributed by atoms with Crippen LogP contribution in [0.5, 0.6) is 5.75 Å². The smallest absolute Gasteiger partial charge is 0.231 e. The van der Waals surface area contributed by atoms with Gasteiger partial charge in [0.1, 0.15) is 0 Å². The van der Waals surface area contributed by atoms with Crippen molar-refractivity contribution in [3.63, 3.8) is 0 Å². The number of halogens is 2. The molecule has 1 heterocycles. The van der Waals surface area contributed by atoms with Gasteiger partial charge in [0.05, 0.1) is 18.7 Å². The molecule has 4 rings (SSSR count). The summed E-state index contributed by atoms with van der Waals surface area (Å²) in [6, 6.07) is 4.64. The lowest BCUT2D eigenvalue weighted by Gasteiger charge is -2.26. The minimum absolute atomic E-state index is 0. The number of anilines is 1. The number of benzene rings is 1. The number of nitrogens with one attached hydrogen (secondary N) is 1. The molecule has 2 aromatic rings. The maximum absolute atomic E-state index is 13.9. The monoisotopic (exact) mass is 397 g/mol. The molecule has 2 aliphatic rings. The molecule has 2 saturated carbocycles. The van der Waals surface area contributed by atoms with Crippen LogP contribution in [0.1, 0.15) is 19.3 Å². The van der Waals surface area contributed by atoms with Crippen LogP contribution in [-0.4, -0.2) is 24.0 Å². The number of carbonyl (C=O) groups is 1. The van der Waals surface area contributed by atoms with Gasteiger partial charge in [0, 0.05) is 17.0 Å². The second-order valence-electron chi connectivity index (χ2n) is 6.81. The maximum Gasteiger partial charge on any atom is 0.231 e. The zero-order valence-electron chi connectivity index (χ0n) is 14.3. The lowest BCUT2D eigenvalue weighted by Crippen LogP contribution is -2.42. The number of rotatable bonds is 4. The van der Waals surface area contributed by atoms with Gasteiger partial charge in [-0.1, -0.05) is 0 Å². The second-order valence-corrected chi connectivity index (χ2v) is 7.67. The molecular formula is C18H21ClFN3O2S. The van der Waals surface area contributed by atoms with E-state index < -0.39 is 5.82 Å². The average molecular weight is 398 g/mol. The van der Waals surface area contributed by atoms with Crippen molar-refractivity contribution in [2.24, 2.45) is 23.5 Å². The quantitative estimate of drug-likeness (QED) is 0.824. The van der Waals surface area contributed by atoms with Crippen LogP contribution in [0, 0.1) is 23.6 Å². The summed E-state index contributed by atoms with van der Waals surface area (Å²) in [5, 5.41) is 5.22. The average Bonchev–Trinajstić information content (AvgIpc) is 3.30. The topological polar surface area (TPSA) is 77.2 Å². The van der Waals surface area contributed by atoms with E-state index in [1.807, 2.05) is 0 Å². The van der Waals surface area contributed by atoms with Crippen LogP contribution in [0.4, 0.5) is 9.52 Å². The Kier molecular flexibility index (Phi) is 5.50. The number of methoxy groups -OCH3 is 1. The van der Waals surface area contributed by atoms with Crippen LogP contribution in [0.2, 0.25) is 0 Å². The van der Waals surface area contributed by atoms with E-state index in [9.17, 15) is 9.18 Å². The van der Waals surface area contributed by atoms with Gasteiger partial charge in [-0.25, -0.2) is 9.37 Å². The summed E-state index contributed by atoms with van der Waals surface area (Å²) in [5.41, 5.74) is 7.50. The molecule has 2 fully saturated rings. The van der Waals surface area contributed by atoms with Gasteiger partial charge in [-0.2, -0.15) is 0 Å². The molecule has 1 aromatic carbocycles. The molecule has 0 radical (unpaired) electrons. The first-order valence-electron chi connectivity index (χ1n) is 8.42. The highest BCUT2D eigenvalue weighted by Gasteiger charge is 2.49. The van der Waals surface area contributed by atoms with E-state index >= 15 is 0 Å². The number of fused-ring (bicyclic) bond motifs is 2. The highest BCUT2D eigenvalue weighted by atomic mass is 35.5. The van der Waals surface area contributed by atoms with Gasteiger partial charge in [-0.05, 0) is 49.3 Å². The number of nitrogens with zero attached hydrogens (tertiary/aromatic N) is 1. The summed E-state index contributed by atoms with van der Waals surface area (Å²) in [7, 11) is 1.43. The zero-order chi connectivity index (χ0) is 17.6. The molecule has 2 aliphatic carbocycles. The SMILES string of the molecule is COc1ccc(-c2csc(NC(=O)C3C4CCC(C4)C3N)n2)cc1F.Cl. The summed E-state index contributed by atoms with van der Waals surface area (Å²) in [5.74, 6) is 0.473. The largest absolute Gasteiger partial charge is 0.494 e. The second kappa shape index (κ2) is 7.50. The minimum atomic E-state index is -0.438. The molecule has 26 heavy (non-hydrogen) atoms. The minimum Gasteiger partial charge on any atom is -0.494 e. The van der Waals surface area contributed by atoms with Crippen molar-refractivity contribution in [3.05, 3.63) is 29.4 Å². The molecule has 0 aliphatic heterocycles. The Labute approximate surface area is 161 Å². The number of hydrogen-bond acceptors (Lipinski definition) is 5. The van der Waals surface area contributed by atoms with Crippen molar-refractivity contribution in [2.75, 3.05) is 12.4 Å². The summed E-state index contributed by atoms with van der Waals surface area (Å²) in [6.07, 6.45) is 3.29. The molecule has 3 N–H and O–H groups in total. The van der Waals surface area contributed by atoms with Crippen LogP contribution in [0.15, 0.2) is 23.6 Å². The van der Waals surface area contributed by atoms with Crippen molar-refractivity contribution in [1.29, 1.82) is 0 Å². The predicted octanol–water partition coefficient (Wildman–Crippen LogP) is 3.69. The normalized spacial score (nSPS) is 26.4. The first-order chi connectivity index (χ1) is 12.1. The van der Waals surface area contributed by atoms with E-state index in [2.05, 4.69) is 10.3 Å². The number of ether oxygens (including phenoxy) is 1. The standard InChI is InChI=1S/C18H20FN3O2S.ClH/c1-24-14-5-4-9(7-12(14)19)13-8-25-18(21-13)22-17(23)15-10-2-3-11(6-10)16(15)20;/h4-5,7-8,10-11,15-16H,2-3,6,20H2,1H3,(H,21,22,23);1H. The predicted molar refractivity (Wildman–Crippen MR) is 102 cm³/mol. The van der Waals surface area contributed by atoms with Gasteiger partial charge in [0.25, 0.3) is 0 Å². The molecule has 4 unspecified atom stereocenters. The summed E-state index contributed by atoms with van der Waals surface area (Å²) in [6.45, 7) is 0. The van der Waals surface area contributed by atoms with Crippen molar-refractivity contribution in [2.45, 2.75) is 25.3 Å². The lowest BCUT2D eigenvalue weighted by atomic mass is 9.84. The summed E-state index contributed by atoms with van der Waals surface area (Å²) < 4.78 is 18.8. The highest BCUT2D eigenvalue weighted by molar-refractivity contribution is 7.14. The zero-order valence-corrected chi connectivity index (χ0v) is 15.9. The van der Waals surface area contributed by atoms with Crippen LogP contribution in [0.25, 0.3) is 11.3 Å². The Hall–Kier alpha value is -1.70. The molecule has 1 aromatic heterocycles. The third-order valence-corrected chi connectivity index (χ3v) is 6.22. The van der Waals surface area contributed by atoms with Gasteiger partial charge in [-0.15, -0.1) is 23.7 Å². The third kappa shape index (κ3) is 3.31. The maximum atomic E-state index is 13.9. The molecule has 2 bridgehead atoms. The van der Waals surface area contributed by atoms with Crippen LogP contribution < -0.4 is 15.8 Å². The van der Waals surface area contributed by atoms with Crippen molar-refractivity contribution < 1.29 is 13.9 Å². The number of thiazole rings is 1. The fourth-order valence-corrected chi connectivity index (χ4v) is 4.93. The van der Waals surface area contributed by atoms with Crippen molar-refractivity contribution >= 4 is 34.8 Å². The Morgan fingerprint density at radius 3 is 2.81 bits per heavy atom. The summed E-state index contributed by atoms with van der Waals surface area (Å²) in [4.78, 5) is 17.0. The Bertz CT molecular complexity index is 813. The van der Waals surface area contributed by atoms with Gasteiger partial charge in [0.15, 0.2) is 16.7 Å². The van der Waals surface area contributed by atoms with Gasteiger partial charge < -0.3 is 15.8 Å². The lowest BCUT2D eigenvalue weighted by molar-refractivity contribution is -0.121. The first-order valence-corrected chi connectivity index (χ1v) is 9.30. The number of carbonyl (C=O) groups excluding carboxylic acids is 1. The number of hydrogen-bond donors (Lipinski definition) is 2. The molecule has 4 atom stereocenters. The Morgan fingerprint density at radius 2 is 2.15 bits per heavy atom. The molecular weight excluding hydrogens is 377 g/mol. The first kappa shape index (κ1) is 19.1. The third-order valence-electron chi connectivity index (χ3n) is 5.47. The van der Waals surface area contributed by atoms with Gasteiger partial charge in [0.2, 0.25) is 5.91 Å². The number of aromatic nitrogens is 1.